The lowest BCUT2D eigenvalue weighted by Crippen LogP contribution is -2.41. The van der Waals surface area contributed by atoms with Crippen molar-refractivity contribution in [1.29, 1.82) is 5.41 Å². The molecule has 1 aliphatic heterocycles. The Bertz CT molecular complexity index is 1370. The van der Waals surface area contributed by atoms with Crippen LogP contribution >= 0.6 is 0 Å². The van der Waals surface area contributed by atoms with Crippen molar-refractivity contribution in [3.63, 3.8) is 0 Å². The van der Waals surface area contributed by atoms with Crippen LogP contribution in [0.15, 0.2) is 84.9 Å². The third-order valence-electron chi connectivity index (χ3n) is 7.78. The molecule has 1 saturated carbocycles. The number of rotatable bonds is 12. The van der Waals surface area contributed by atoms with E-state index in [1.807, 2.05) is 35.2 Å². The number of hydrogen-bond donors (Lipinski definition) is 3. The largest absolute Gasteiger partial charge is 0.492 e. The van der Waals surface area contributed by atoms with Crippen LogP contribution in [0.2, 0.25) is 0 Å². The maximum atomic E-state index is 11.9. The molecule has 6 heteroatoms. The summed E-state index contributed by atoms with van der Waals surface area (Å²) in [6.07, 6.45) is 9.55. The number of anilines is 1. The molecule has 0 radical (unpaired) electrons. The fourth-order valence-corrected chi connectivity index (χ4v) is 5.18. The highest BCUT2D eigenvalue weighted by atomic mass is 16.5. The Morgan fingerprint density at radius 1 is 0.975 bits per heavy atom. The zero-order valence-electron chi connectivity index (χ0n) is 22.9. The topological polar surface area (TPSA) is 91.4 Å². The zero-order chi connectivity index (χ0) is 27.7. The summed E-state index contributed by atoms with van der Waals surface area (Å²) in [6, 6.07) is 25.0. The van der Waals surface area contributed by atoms with Crippen LogP contribution in [0.3, 0.4) is 0 Å². The van der Waals surface area contributed by atoms with Crippen molar-refractivity contribution in [3.8, 4) is 5.75 Å². The number of allylic oxidation sites excluding steroid dienone is 1. The predicted octanol–water partition coefficient (Wildman–Crippen LogP) is 5.78. The van der Waals surface area contributed by atoms with Gasteiger partial charge in [-0.1, -0.05) is 61.0 Å². The minimum absolute atomic E-state index is 0.0959. The molecule has 6 nitrogen and oxygen atoms in total. The Morgan fingerprint density at radius 3 is 2.38 bits per heavy atom. The minimum Gasteiger partial charge on any atom is -0.492 e. The van der Waals surface area contributed by atoms with Gasteiger partial charge in [-0.2, -0.15) is 0 Å². The first-order valence-corrected chi connectivity index (χ1v) is 14.2. The van der Waals surface area contributed by atoms with Crippen molar-refractivity contribution in [3.05, 3.63) is 107 Å². The number of nitrogens with two attached hydrogens (primary N) is 1. The van der Waals surface area contributed by atoms with Gasteiger partial charge in [0.05, 0.1) is 0 Å². The average molecular weight is 535 g/mol. The van der Waals surface area contributed by atoms with E-state index in [9.17, 15) is 4.79 Å². The quantitative estimate of drug-likeness (QED) is 0.0903. The van der Waals surface area contributed by atoms with Crippen molar-refractivity contribution in [2.45, 2.75) is 25.7 Å². The molecule has 3 aromatic rings. The van der Waals surface area contributed by atoms with Gasteiger partial charge in [0.25, 0.3) is 0 Å². The molecular formula is C34H38N4O2. The van der Waals surface area contributed by atoms with Gasteiger partial charge in [0, 0.05) is 49.7 Å². The maximum absolute atomic E-state index is 11.9. The fourth-order valence-electron chi connectivity index (χ4n) is 5.18. The standard InChI is InChI=1S/C34H38N4O2/c35-24-29-23-28(14-17-31(29)36)34(33(26-9-4-10-26)25-7-2-1-3-8-25)27-12-15-30(16-13-27)40-22-19-37-18-5-11-32(39)38-20-6-21-38/h1-3,5,7-8,11-17,23-24,26,35,37H,4,6,9-10,18-22,36H2/b11-5+,34-33-,35-24?. The molecule has 0 unspecified atom stereocenters. The number of hydrogen-bond acceptors (Lipinski definition) is 5. The summed E-state index contributed by atoms with van der Waals surface area (Å²) in [4.78, 5) is 13.7. The first-order chi connectivity index (χ1) is 19.6. The van der Waals surface area contributed by atoms with Crippen LogP contribution in [0, 0.1) is 11.3 Å². The summed E-state index contributed by atoms with van der Waals surface area (Å²) < 4.78 is 5.99. The first-order valence-electron chi connectivity index (χ1n) is 14.2. The Kier molecular flexibility index (Phi) is 9.09. The van der Waals surface area contributed by atoms with E-state index in [1.54, 1.807) is 6.08 Å². The van der Waals surface area contributed by atoms with E-state index in [0.717, 1.165) is 42.0 Å². The molecule has 2 aliphatic rings. The maximum Gasteiger partial charge on any atom is 0.246 e. The summed E-state index contributed by atoms with van der Waals surface area (Å²) in [5.41, 5.74) is 13.5. The summed E-state index contributed by atoms with van der Waals surface area (Å²) in [5, 5.41) is 11.2. The van der Waals surface area contributed by atoms with Crippen LogP contribution < -0.4 is 15.8 Å². The lowest BCUT2D eigenvalue weighted by molar-refractivity contribution is -0.129. The number of ether oxygens (including phenoxy) is 1. The van der Waals surface area contributed by atoms with Crippen LogP contribution in [0.5, 0.6) is 5.75 Å². The molecule has 1 amide bonds. The molecule has 1 aliphatic carbocycles. The Hall–Kier alpha value is -4.16. The van der Waals surface area contributed by atoms with E-state index in [-0.39, 0.29) is 5.91 Å². The monoisotopic (exact) mass is 534 g/mol. The second-order valence-corrected chi connectivity index (χ2v) is 10.4. The number of likely N-dealkylation sites (tertiary alicyclic amines) is 1. The molecule has 4 N–H and O–H groups in total. The lowest BCUT2D eigenvalue weighted by Gasteiger charge is -2.31. The highest BCUT2D eigenvalue weighted by molar-refractivity contribution is 6.01. The lowest BCUT2D eigenvalue weighted by atomic mass is 9.73. The van der Waals surface area contributed by atoms with Crippen molar-refractivity contribution >= 4 is 29.0 Å². The molecule has 206 valence electrons. The van der Waals surface area contributed by atoms with E-state index in [0.29, 0.717) is 31.3 Å². The molecule has 0 aromatic heterocycles. The smallest absolute Gasteiger partial charge is 0.246 e. The molecule has 0 spiro atoms. The van der Waals surface area contributed by atoms with Gasteiger partial charge < -0.3 is 26.1 Å². The number of carbonyl (C=O) groups is 1. The van der Waals surface area contributed by atoms with Crippen molar-refractivity contribution in [2.24, 2.45) is 5.92 Å². The van der Waals surface area contributed by atoms with Crippen LogP contribution in [0.4, 0.5) is 5.69 Å². The van der Waals surface area contributed by atoms with Gasteiger partial charge in [-0.05, 0) is 77.3 Å². The molecule has 0 bridgehead atoms. The third kappa shape index (κ3) is 6.52. The van der Waals surface area contributed by atoms with Gasteiger partial charge in [-0.25, -0.2) is 0 Å². The number of benzene rings is 3. The van der Waals surface area contributed by atoms with Crippen molar-refractivity contribution in [1.82, 2.24) is 10.2 Å². The Balaban J connectivity index is 1.32. The molecule has 1 saturated heterocycles. The second-order valence-electron chi connectivity index (χ2n) is 10.4. The number of nitrogens with zero attached hydrogens (tertiary/aromatic N) is 1. The normalized spacial score (nSPS) is 15.8. The van der Waals surface area contributed by atoms with Gasteiger partial charge in [-0.3, -0.25) is 4.79 Å². The SMILES string of the molecule is N=Cc1cc(/C(=C(/c2ccccc2)C2CCC2)c2ccc(OCCNC/C=C/C(=O)N3CCC3)cc2)ccc1N. The summed E-state index contributed by atoms with van der Waals surface area (Å²) in [5.74, 6) is 1.41. The van der Waals surface area contributed by atoms with E-state index >= 15 is 0 Å². The van der Waals surface area contributed by atoms with Gasteiger partial charge in [0.2, 0.25) is 5.91 Å². The number of amides is 1. The number of carbonyl (C=O) groups excluding carboxylic acids is 1. The molecule has 2 fully saturated rings. The Morgan fingerprint density at radius 2 is 1.73 bits per heavy atom. The predicted molar refractivity (Wildman–Crippen MR) is 164 cm³/mol. The number of nitrogens with one attached hydrogen (secondary N) is 2. The molecule has 40 heavy (non-hydrogen) atoms. The highest BCUT2D eigenvalue weighted by Gasteiger charge is 2.27. The van der Waals surface area contributed by atoms with E-state index in [2.05, 4.69) is 53.8 Å². The van der Waals surface area contributed by atoms with Crippen molar-refractivity contribution in [2.75, 3.05) is 38.5 Å². The van der Waals surface area contributed by atoms with Gasteiger partial charge >= 0.3 is 0 Å². The van der Waals surface area contributed by atoms with Crippen LogP contribution in [0.25, 0.3) is 11.1 Å². The van der Waals surface area contributed by atoms with Gasteiger partial charge in [0.15, 0.2) is 0 Å². The zero-order valence-corrected chi connectivity index (χ0v) is 22.9. The van der Waals surface area contributed by atoms with Crippen LogP contribution in [-0.2, 0) is 4.79 Å². The van der Waals surface area contributed by atoms with E-state index in [1.165, 1.54) is 42.2 Å². The molecule has 1 heterocycles. The average Bonchev–Trinajstić information content (AvgIpc) is 2.92. The molecule has 5 rings (SSSR count). The van der Waals surface area contributed by atoms with E-state index in [4.69, 9.17) is 15.9 Å². The minimum atomic E-state index is 0.0959. The summed E-state index contributed by atoms with van der Waals surface area (Å²) >= 11 is 0. The third-order valence-corrected chi connectivity index (χ3v) is 7.78. The van der Waals surface area contributed by atoms with Crippen LogP contribution in [0.1, 0.15) is 47.9 Å². The number of nitrogen functional groups attached to an aromatic ring is 1. The first kappa shape index (κ1) is 27.4. The Labute approximate surface area is 237 Å². The van der Waals surface area contributed by atoms with E-state index < -0.39 is 0 Å². The molecular weight excluding hydrogens is 496 g/mol. The molecule has 0 atom stereocenters. The van der Waals surface area contributed by atoms with Gasteiger partial charge in [0.1, 0.15) is 12.4 Å². The molecule has 3 aromatic carbocycles. The summed E-state index contributed by atoms with van der Waals surface area (Å²) in [6.45, 7) is 3.61. The van der Waals surface area contributed by atoms with Crippen molar-refractivity contribution < 1.29 is 9.53 Å². The van der Waals surface area contributed by atoms with Gasteiger partial charge in [-0.15, -0.1) is 0 Å². The van der Waals surface area contributed by atoms with Crippen LogP contribution in [-0.4, -0.2) is 49.8 Å². The summed E-state index contributed by atoms with van der Waals surface area (Å²) in [7, 11) is 0. The fraction of sp³-hybridized carbons (Fsp3) is 0.294. The highest BCUT2D eigenvalue weighted by Crippen LogP contribution is 2.45. The second kappa shape index (κ2) is 13.3.